The van der Waals surface area contributed by atoms with Gasteiger partial charge < -0.3 is 16.4 Å². The molecule has 0 fully saturated rings. The molecule has 24 valence electrons. The van der Waals surface area contributed by atoms with Gasteiger partial charge in [0.05, 0.1) is 0 Å². The monoisotopic (exact) mass is 106 g/mol. The molecule has 0 radical (unpaired) electrons. The molecule has 0 heterocycles. The molecule has 0 amide bonds. The van der Waals surface area contributed by atoms with Crippen LogP contribution in [0.25, 0.3) is 0 Å². The summed E-state index contributed by atoms with van der Waals surface area (Å²) in [6, 6.07) is 0. The van der Waals surface area contributed by atoms with Gasteiger partial charge in [0.1, 0.15) is 0 Å². The van der Waals surface area contributed by atoms with Crippen LogP contribution < -0.4 is 0 Å². The molecular weight excluding hydrogens is 102 g/mol. The van der Waals surface area contributed by atoms with Crippen molar-refractivity contribution in [2.45, 2.75) is 0 Å². The van der Waals surface area contributed by atoms with E-state index in [0.29, 0.717) is 0 Å². The first-order valence-corrected chi connectivity index (χ1v) is 0. The molecule has 0 aliphatic rings. The van der Waals surface area contributed by atoms with Crippen LogP contribution in [-0.4, -0.2) is 51.2 Å². The van der Waals surface area contributed by atoms with Gasteiger partial charge in [-0.3, -0.25) is 0 Å². The van der Waals surface area contributed by atoms with Crippen LogP contribution in [-0.2, 0) is 0 Å². The zero-order chi connectivity index (χ0) is 0. The van der Waals surface area contributed by atoms with Crippen molar-refractivity contribution >= 4 is 34.7 Å². The molecule has 0 atom stereocenters. The fraction of sp³-hybridized carbons (Fsp3) is 0. The summed E-state index contributed by atoms with van der Waals surface area (Å²) in [5.41, 5.74) is 0. The molecule has 0 aliphatic carbocycles. The summed E-state index contributed by atoms with van der Waals surface area (Å²) in [5, 5.41) is 0. The first-order valence-electron chi connectivity index (χ1n) is 0. The van der Waals surface area contributed by atoms with Crippen molar-refractivity contribution in [3.05, 3.63) is 0 Å². The van der Waals surface area contributed by atoms with Crippen LogP contribution in [0.2, 0.25) is 0 Å². The number of hydrogen-bond donors (Lipinski definition) is 0. The van der Waals surface area contributed by atoms with Crippen LogP contribution >= 0.6 is 0 Å². The summed E-state index contributed by atoms with van der Waals surface area (Å²) >= 11 is 0. The Morgan fingerprint density at radius 1 is 0.600 bits per heavy atom. The average Bonchev–Trinajstić information content (AvgIpc) is 0. The van der Waals surface area contributed by atoms with Gasteiger partial charge in [-0.1, -0.05) is 0 Å². The molecule has 0 bridgehead atoms. The predicted molar refractivity (Wildman–Crippen MR) is 19.0 cm³/mol. The van der Waals surface area contributed by atoms with Gasteiger partial charge in [0.15, 0.2) is 0 Å². The summed E-state index contributed by atoms with van der Waals surface area (Å²) in [6.45, 7) is 0. The van der Waals surface area contributed by atoms with E-state index in [1.165, 1.54) is 0 Å². The van der Waals surface area contributed by atoms with Crippen LogP contribution in [0.15, 0.2) is 0 Å². The van der Waals surface area contributed by atoms with E-state index >= 15 is 0 Å². The second kappa shape index (κ2) is 86.2. The molecule has 0 spiro atoms. The van der Waals surface area contributed by atoms with E-state index in [1.54, 1.807) is 0 Å². The molecule has 0 aromatic heterocycles. The van der Waals surface area contributed by atoms with E-state index in [0.717, 1.165) is 0 Å². The van der Waals surface area contributed by atoms with Crippen molar-refractivity contribution in [1.82, 2.24) is 0 Å². The second-order valence-electron chi connectivity index (χ2n) is 0. The molecular formula is H4Al2O3+4. The third-order valence-corrected chi connectivity index (χ3v) is 0. The zero-order valence-corrected chi connectivity index (χ0v) is 4.86. The maximum atomic E-state index is 0. The van der Waals surface area contributed by atoms with Gasteiger partial charge in [0, 0.05) is 0 Å². The molecule has 0 unspecified atom stereocenters. The first-order chi connectivity index (χ1) is 0. The van der Waals surface area contributed by atoms with E-state index < -0.39 is 0 Å². The molecule has 4 N–H and O–H groups in total. The van der Waals surface area contributed by atoms with Crippen LogP contribution in [0.1, 0.15) is 0 Å². The standard InChI is InChI=1S/2Al.3H2O/h;;3*1H2/q2*+3;;;/p-2. The maximum absolute atomic E-state index is 0. The van der Waals surface area contributed by atoms with E-state index in [2.05, 4.69) is 0 Å². The summed E-state index contributed by atoms with van der Waals surface area (Å²) in [4.78, 5) is 0. The minimum absolute atomic E-state index is 0. The minimum Gasteiger partial charge on any atom is -0.870 e. The van der Waals surface area contributed by atoms with Gasteiger partial charge in [-0.15, -0.1) is 0 Å². The first kappa shape index (κ1) is 163. The van der Waals surface area contributed by atoms with E-state index in [1.807, 2.05) is 0 Å². The fourth-order valence-electron chi connectivity index (χ4n) is 0. The Kier molecular flexibility index (Phi) is 2810. The quantitative estimate of drug-likeness (QED) is 0.336. The van der Waals surface area contributed by atoms with Crippen molar-refractivity contribution in [3.8, 4) is 0 Å². The minimum atomic E-state index is 0. The molecule has 0 aliphatic heterocycles. The molecule has 3 nitrogen and oxygen atoms in total. The van der Waals surface area contributed by atoms with E-state index in [-0.39, 0.29) is 51.2 Å². The SMILES string of the molecule is O.[Al+3].[Al+3].[OH-].[OH-]. The molecule has 0 saturated heterocycles. The maximum Gasteiger partial charge on any atom is 3.00 e. The Morgan fingerprint density at radius 3 is 0.600 bits per heavy atom. The molecule has 5 heavy (non-hydrogen) atoms. The number of rotatable bonds is 0. The Hall–Kier alpha value is 0.945. The second-order valence-corrected chi connectivity index (χ2v) is 0. The fourth-order valence-corrected chi connectivity index (χ4v) is 0. The zero-order valence-electron chi connectivity index (χ0n) is 2.55. The Balaban J connectivity index is 0. The molecule has 0 aromatic rings. The van der Waals surface area contributed by atoms with Gasteiger partial charge in [-0.2, -0.15) is 0 Å². The van der Waals surface area contributed by atoms with E-state index in [9.17, 15) is 0 Å². The van der Waals surface area contributed by atoms with Crippen molar-refractivity contribution in [3.63, 3.8) is 0 Å². The van der Waals surface area contributed by atoms with E-state index in [4.69, 9.17) is 0 Å². The number of hydrogen-bond acceptors (Lipinski definition) is 2. The van der Waals surface area contributed by atoms with Crippen molar-refractivity contribution < 1.29 is 16.4 Å². The Labute approximate surface area is 51.6 Å². The van der Waals surface area contributed by atoms with Gasteiger partial charge >= 0.3 is 34.7 Å². The predicted octanol–water partition coefficient (Wildman–Crippen LogP) is -1.94. The summed E-state index contributed by atoms with van der Waals surface area (Å²) in [6.07, 6.45) is 0. The third kappa shape index (κ3) is 48.0. The molecule has 5 heteroatoms. The summed E-state index contributed by atoms with van der Waals surface area (Å²) in [5.74, 6) is 0. The van der Waals surface area contributed by atoms with Gasteiger partial charge in [0.25, 0.3) is 0 Å². The van der Waals surface area contributed by atoms with Gasteiger partial charge in [0.2, 0.25) is 0 Å². The summed E-state index contributed by atoms with van der Waals surface area (Å²) in [7, 11) is 0. The third-order valence-electron chi connectivity index (χ3n) is 0. The average molecular weight is 106 g/mol. The van der Waals surface area contributed by atoms with Crippen molar-refractivity contribution in [1.29, 1.82) is 0 Å². The Bertz CT molecular complexity index is 4.85. The molecule has 0 rings (SSSR count). The van der Waals surface area contributed by atoms with Gasteiger partial charge in [-0.05, 0) is 0 Å². The normalized spacial score (nSPS) is 0. The van der Waals surface area contributed by atoms with Crippen molar-refractivity contribution in [2.75, 3.05) is 0 Å². The van der Waals surface area contributed by atoms with Crippen LogP contribution in [0, 0.1) is 0 Å². The topological polar surface area (TPSA) is 91.5 Å². The van der Waals surface area contributed by atoms with Crippen LogP contribution in [0.3, 0.4) is 0 Å². The van der Waals surface area contributed by atoms with Crippen LogP contribution in [0.4, 0.5) is 0 Å². The van der Waals surface area contributed by atoms with Crippen LogP contribution in [0.5, 0.6) is 0 Å². The largest absolute Gasteiger partial charge is 3.00 e. The van der Waals surface area contributed by atoms with Crippen molar-refractivity contribution in [2.24, 2.45) is 0 Å². The smallest absolute Gasteiger partial charge is 0.870 e. The molecule has 0 aromatic carbocycles. The molecule has 0 saturated carbocycles. The summed E-state index contributed by atoms with van der Waals surface area (Å²) < 4.78 is 0. The van der Waals surface area contributed by atoms with Gasteiger partial charge in [-0.25, -0.2) is 0 Å². The Morgan fingerprint density at radius 2 is 0.600 bits per heavy atom.